The Balaban J connectivity index is 0.000000333. The molecule has 4 rings (SSSR count). The summed E-state index contributed by atoms with van der Waals surface area (Å²) in [6, 6.07) is 11.9. The summed E-state index contributed by atoms with van der Waals surface area (Å²) in [5.41, 5.74) is 4.20. The van der Waals surface area contributed by atoms with Crippen LogP contribution >= 0.6 is 0 Å². The zero-order valence-corrected chi connectivity index (χ0v) is 20.8. The number of aromatic nitrogens is 5. The Kier molecular flexibility index (Phi) is 11.5. The van der Waals surface area contributed by atoms with E-state index in [4.69, 9.17) is 24.5 Å². The molecule has 0 saturated heterocycles. The number of ether oxygens (including phenoxy) is 1. The van der Waals surface area contributed by atoms with E-state index < -0.39 is 24.3 Å². The van der Waals surface area contributed by atoms with Crippen molar-refractivity contribution in [2.75, 3.05) is 13.2 Å². The zero-order chi connectivity index (χ0) is 29.9. The SMILES string of the molecule is Cn1nnc2c1C(COCc1ccccn1)CN(Cc1ccccn1)C2.O=C(O)C(F)(F)F.O=C(O)C(F)(F)F. The smallest absolute Gasteiger partial charge is 0.475 e. The topological polar surface area (TPSA) is 144 Å². The molecule has 0 amide bonds. The molecule has 1 aliphatic heterocycles. The normalized spacial score (nSPS) is 15.1. The van der Waals surface area contributed by atoms with Crippen molar-refractivity contribution in [3.63, 3.8) is 0 Å². The summed E-state index contributed by atoms with van der Waals surface area (Å²) in [7, 11) is 1.95. The number of hydrogen-bond acceptors (Lipinski definition) is 8. The van der Waals surface area contributed by atoms with E-state index in [2.05, 4.69) is 31.2 Å². The van der Waals surface area contributed by atoms with Gasteiger partial charge in [-0.3, -0.25) is 19.5 Å². The highest BCUT2D eigenvalue weighted by Gasteiger charge is 2.39. The van der Waals surface area contributed by atoms with Gasteiger partial charge in [-0.25, -0.2) is 9.59 Å². The second-order valence-electron chi connectivity index (χ2n) is 8.17. The number of carboxylic acids is 2. The maximum atomic E-state index is 10.6. The van der Waals surface area contributed by atoms with Crippen molar-refractivity contribution < 1.29 is 50.9 Å². The maximum absolute atomic E-state index is 10.6. The van der Waals surface area contributed by atoms with Gasteiger partial charge < -0.3 is 14.9 Å². The van der Waals surface area contributed by atoms with Gasteiger partial charge in [0.1, 0.15) is 5.69 Å². The Hall–Kier alpha value is -4.12. The van der Waals surface area contributed by atoms with Crippen LogP contribution < -0.4 is 0 Å². The van der Waals surface area contributed by atoms with Crippen molar-refractivity contribution >= 4 is 11.9 Å². The van der Waals surface area contributed by atoms with Crippen molar-refractivity contribution in [2.24, 2.45) is 7.05 Å². The highest BCUT2D eigenvalue weighted by atomic mass is 19.4. The third-order valence-electron chi connectivity index (χ3n) is 5.07. The van der Waals surface area contributed by atoms with Crippen LogP contribution in [0, 0.1) is 0 Å². The van der Waals surface area contributed by atoms with E-state index in [0.717, 1.165) is 36.7 Å². The van der Waals surface area contributed by atoms with Crippen LogP contribution in [-0.4, -0.2) is 77.5 Å². The molecule has 1 aliphatic rings. The first-order valence-corrected chi connectivity index (χ1v) is 11.3. The lowest BCUT2D eigenvalue weighted by atomic mass is 9.99. The molecular formula is C23H24F6N6O5. The Morgan fingerprint density at radius 2 is 1.48 bits per heavy atom. The molecule has 0 bridgehead atoms. The van der Waals surface area contributed by atoms with E-state index in [1.54, 1.807) is 6.20 Å². The molecule has 218 valence electrons. The van der Waals surface area contributed by atoms with Gasteiger partial charge in [0, 0.05) is 45.0 Å². The van der Waals surface area contributed by atoms with Gasteiger partial charge in [-0.15, -0.1) is 5.10 Å². The first-order valence-electron chi connectivity index (χ1n) is 11.3. The quantitative estimate of drug-likeness (QED) is 0.419. The average Bonchev–Trinajstić information content (AvgIpc) is 3.25. The molecule has 1 unspecified atom stereocenters. The lowest BCUT2D eigenvalue weighted by molar-refractivity contribution is -0.193. The number of pyridine rings is 2. The molecule has 0 saturated carbocycles. The highest BCUT2D eigenvalue weighted by molar-refractivity contribution is 5.73. The van der Waals surface area contributed by atoms with Crippen molar-refractivity contribution in [1.29, 1.82) is 0 Å². The molecule has 3 aromatic rings. The molecule has 0 radical (unpaired) electrons. The predicted molar refractivity (Wildman–Crippen MR) is 123 cm³/mol. The largest absolute Gasteiger partial charge is 0.490 e. The Morgan fingerprint density at radius 3 is 1.95 bits per heavy atom. The maximum Gasteiger partial charge on any atom is 0.490 e. The van der Waals surface area contributed by atoms with E-state index in [9.17, 15) is 26.3 Å². The molecule has 17 heteroatoms. The van der Waals surface area contributed by atoms with E-state index in [-0.39, 0.29) is 5.92 Å². The van der Waals surface area contributed by atoms with Gasteiger partial charge in [0.25, 0.3) is 0 Å². The van der Waals surface area contributed by atoms with Crippen LogP contribution in [0.25, 0.3) is 0 Å². The summed E-state index contributed by atoms with van der Waals surface area (Å²) in [6.07, 6.45) is -6.54. The van der Waals surface area contributed by atoms with E-state index in [0.29, 0.717) is 13.2 Å². The second-order valence-corrected chi connectivity index (χ2v) is 8.17. The number of alkyl halides is 6. The van der Waals surface area contributed by atoms with Gasteiger partial charge in [-0.05, 0) is 24.3 Å². The first kappa shape index (κ1) is 32.1. The Morgan fingerprint density at radius 1 is 0.950 bits per heavy atom. The van der Waals surface area contributed by atoms with Crippen molar-refractivity contribution in [3.8, 4) is 0 Å². The molecule has 11 nitrogen and oxygen atoms in total. The monoisotopic (exact) mass is 578 g/mol. The molecule has 0 fully saturated rings. The van der Waals surface area contributed by atoms with Crippen LogP contribution in [0.15, 0.2) is 48.8 Å². The summed E-state index contributed by atoms with van der Waals surface area (Å²) >= 11 is 0. The fourth-order valence-electron chi connectivity index (χ4n) is 3.46. The number of carbonyl (C=O) groups is 2. The molecule has 2 N–H and O–H groups in total. The number of aryl methyl sites for hydroxylation is 1. The first-order chi connectivity index (χ1) is 18.7. The minimum absolute atomic E-state index is 0.228. The minimum atomic E-state index is -5.08. The van der Waals surface area contributed by atoms with Crippen LogP contribution in [0.1, 0.15) is 28.7 Å². The van der Waals surface area contributed by atoms with E-state index in [1.807, 2.05) is 48.3 Å². The molecule has 1 atom stereocenters. The number of aliphatic carboxylic acids is 2. The summed E-state index contributed by atoms with van der Waals surface area (Å²) in [4.78, 5) is 28.9. The number of hydrogen-bond donors (Lipinski definition) is 2. The minimum Gasteiger partial charge on any atom is -0.475 e. The fourth-order valence-corrected chi connectivity index (χ4v) is 3.46. The van der Waals surface area contributed by atoms with Crippen molar-refractivity contribution in [3.05, 3.63) is 71.6 Å². The number of halogens is 6. The Bertz CT molecular complexity index is 1200. The van der Waals surface area contributed by atoms with Gasteiger partial charge >= 0.3 is 24.3 Å². The van der Waals surface area contributed by atoms with Crippen molar-refractivity contribution in [1.82, 2.24) is 29.9 Å². The molecule has 4 heterocycles. The summed E-state index contributed by atoms with van der Waals surface area (Å²) in [5.74, 6) is -5.29. The number of rotatable bonds is 6. The summed E-state index contributed by atoms with van der Waals surface area (Å²) in [6.45, 7) is 3.61. The van der Waals surface area contributed by atoms with Crippen molar-refractivity contribution in [2.45, 2.75) is 38.0 Å². The molecule has 40 heavy (non-hydrogen) atoms. The predicted octanol–water partition coefficient (Wildman–Crippen LogP) is 3.19. The lowest BCUT2D eigenvalue weighted by Gasteiger charge is -2.31. The van der Waals surface area contributed by atoms with Gasteiger partial charge in [-0.2, -0.15) is 26.3 Å². The third-order valence-corrected chi connectivity index (χ3v) is 5.07. The zero-order valence-electron chi connectivity index (χ0n) is 20.8. The van der Waals surface area contributed by atoms with Crippen LogP contribution in [0.5, 0.6) is 0 Å². The van der Waals surface area contributed by atoms with Gasteiger partial charge in [0.15, 0.2) is 0 Å². The molecule has 0 spiro atoms. The van der Waals surface area contributed by atoms with Gasteiger partial charge in [0.2, 0.25) is 0 Å². The van der Waals surface area contributed by atoms with Crippen LogP contribution in [0.2, 0.25) is 0 Å². The standard InChI is InChI=1S/C19H22N6O.2C2HF3O2/c1-24-19-15(13-26-14-17-7-3-5-9-21-17)10-25(12-18(19)22-23-24)11-16-6-2-4-8-20-16;2*3-2(4,5)1(6)7/h2-9,15H,10-14H2,1H3;2*(H,6,7). The lowest BCUT2D eigenvalue weighted by Crippen LogP contribution is -2.36. The average molecular weight is 578 g/mol. The third kappa shape index (κ3) is 10.6. The van der Waals surface area contributed by atoms with Crippen LogP contribution in [0.4, 0.5) is 26.3 Å². The Labute approximate surface area is 223 Å². The van der Waals surface area contributed by atoms with Gasteiger partial charge in [-0.1, -0.05) is 17.3 Å². The number of fused-ring (bicyclic) bond motifs is 1. The number of nitrogens with zero attached hydrogens (tertiary/aromatic N) is 6. The second kappa shape index (κ2) is 14.3. The number of carboxylic acid groups (broad SMARTS) is 2. The molecule has 0 aromatic carbocycles. The highest BCUT2D eigenvalue weighted by Crippen LogP contribution is 2.28. The fraction of sp³-hybridized carbons (Fsp3) is 0.391. The van der Waals surface area contributed by atoms with Gasteiger partial charge in [0.05, 0.1) is 30.3 Å². The van der Waals surface area contributed by atoms with Crippen LogP contribution in [0.3, 0.4) is 0 Å². The van der Waals surface area contributed by atoms with Crippen LogP contribution in [-0.2, 0) is 41.1 Å². The molecular weight excluding hydrogens is 554 g/mol. The van der Waals surface area contributed by atoms with E-state index in [1.165, 1.54) is 5.69 Å². The van der Waals surface area contributed by atoms with E-state index >= 15 is 0 Å². The summed E-state index contributed by atoms with van der Waals surface area (Å²) < 4.78 is 71.3. The molecule has 3 aromatic heterocycles. The summed E-state index contributed by atoms with van der Waals surface area (Å²) in [5, 5.41) is 22.8. The molecule has 0 aliphatic carbocycles.